The van der Waals surface area contributed by atoms with Crippen molar-refractivity contribution in [3.63, 3.8) is 0 Å². The maximum absolute atomic E-state index is 10.3. The highest BCUT2D eigenvalue weighted by Crippen LogP contribution is 2.62. The van der Waals surface area contributed by atoms with Crippen molar-refractivity contribution in [2.75, 3.05) is 0 Å². The summed E-state index contributed by atoms with van der Waals surface area (Å²) >= 11 is 0. The number of unbranched alkanes of at least 4 members (excludes halogenated alkanes) is 2. The Labute approximate surface area is 101 Å². The van der Waals surface area contributed by atoms with Gasteiger partial charge in [-0.25, -0.2) is 0 Å². The molecule has 2 aliphatic carbocycles. The normalized spacial score (nSPS) is 39.4. The fourth-order valence-electron chi connectivity index (χ4n) is 3.74. The monoisotopic (exact) mass is 224 g/mol. The first-order valence-electron chi connectivity index (χ1n) is 7.47. The molecule has 0 bridgehead atoms. The molecule has 0 unspecified atom stereocenters. The molecular formula is C15H28O. The molecule has 0 aromatic rings. The zero-order valence-electron chi connectivity index (χ0n) is 10.9. The zero-order valence-corrected chi connectivity index (χ0v) is 10.9. The van der Waals surface area contributed by atoms with Gasteiger partial charge >= 0.3 is 0 Å². The molecule has 0 heterocycles. The average molecular weight is 224 g/mol. The average Bonchev–Trinajstić information content (AvgIpc) is 2.97. The maximum atomic E-state index is 10.3. The Balaban J connectivity index is 1.81. The molecule has 94 valence electrons. The van der Waals surface area contributed by atoms with Gasteiger partial charge in [0.25, 0.3) is 0 Å². The molecule has 1 spiro atoms. The molecule has 1 heteroatoms. The SMILES string of the molecule is CCCCC[C@H]1C[C@]12CCCCCC[C@H]2O. The topological polar surface area (TPSA) is 20.2 Å². The molecule has 3 atom stereocenters. The molecule has 0 radical (unpaired) electrons. The van der Waals surface area contributed by atoms with Crippen LogP contribution in [0.15, 0.2) is 0 Å². The summed E-state index contributed by atoms with van der Waals surface area (Å²) in [7, 11) is 0. The molecule has 2 fully saturated rings. The van der Waals surface area contributed by atoms with Gasteiger partial charge in [-0.05, 0) is 37.0 Å². The molecule has 1 N–H and O–H groups in total. The summed E-state index contributed by atoms with van der Waals surface area (Å²) in [6.07, 6.45) is 14.6. The molecule has 2 saturated carbocycles. The molecule has 2 aliphatic rings. The fourth-order valence-corrected chi connectivity index (χ4v) is 3.74. The van der Waals surface area contributed by atoms with Crippen LogP contribution >= 0.6 is 0 Å². The highest BCUT2D eigenvalue weighted by atomic mass is 16.3. The lowest BCUT2D eigenvalue weighted by Crippen LogP contribution is -2.25. The first-order chi connectivity index (χ1) is 7.79. The minimum atomic E-state index is 0.0272. The number of hydrogen-bond acceptors (Lipinski definition) is 1. The van der Waals surface area contributed by atoms with E-state index in [0.29, 0.717) is 5.41 Å². The smallest absolute Gasteiger partial charge is 0.0599 e. The number of rotatable bonds is 4. The van der Waals surface area contributed by atoms with Gasteiger partial charge in [0.05, 0.1) is 6.10 Å². The van der Waals surface area contributed by atoms with Crippen molar-refractivity contribution < 1.29 is 5.11 Å². The molecule has 0 aromatic carbocycles. The Morgan fingerprint density at radius 1 is 1.12 bits per heavy atom. The summed E-state index contributed by atoms with van der Waals surface area (Å²) in [6, 6.07) is 0. The third kappa shape index (κ3) is 2.61. The number of aliphatic hydroxyl groups excluding tert-OH is 1. The van der Waals surface area contributed by atoms with Crippen molar-refractivity contribution in [1.82, 2.24) is 0 Å². The van der Waals surface area contributed by atoms with Crippen molar-refractivity contribution in [3.05, 3.63) is 0 Å². The Bertz CT molecular complexity index is 213. The summed E-state index contributed by atoms with van der Waals surface area (Å²) < 4.78 is 0. The summed E-state index contributed by atoms with van der Waals surface area (Å²) in [4.78, 5) is 0. The van der Waals surface area contributed by atoms with E-state index in [2.05, 4.69) is 6.92 Å². The minimum absolute atomic E-state index is 0.0272. The first kappa shape index (κ1) is 12.4. The van der Waals surface area contributed by atoms with Gasteiger partial charge in [0, 0.05) is 0 Å². The second kappa shape index (κ2) is 5.53. The molecule has 0 saturated heterocycles. The minimum Gasteiger partial charge on any atom is -0.393 e. The Morgan fingerprint density at radius 3 is 2.75 bits per heavy atom. The molecule has 0 aromatic heterocycles. The van der Waals surface area contributed by atoms with Crippen LogP contribution in [0.25, 0.3) is 0 Å². The quantitative estimate of drug-likeness (QED) is 0.706. The van der Waals surface area contributed by atoms with E-state index in [1.54, 1.807) is 0 Å². The lowest BCUT2D eigenvalue weighted by molar-refractivity contribution is 0.0577. The molecule has 1 nitrogen and oxygen atoms in total. The summed E-state index contributed by atoms with van der Waals surface area (Å²) in [5.41, 5.74) is 0.383. The molecule has 0 aliphatic heterocycles. The Kier molecular flexibility index (Phi) is 4.29. The maximum Gasteiger partial charge on any atom is 0.0599 e. The van der Waals surface area contributed by atoms with E-state index in [9.17, 15) is 5.11 Å². The van der Waals surface area contributed by atoms with Gasteiger partial charge in [-0.2, -0.15) is 0 Å². The van der Waals surface area contributed by atoms with E-state index in [0.717, 1.165) is 12.3 Å². The third-order valence-corrected chi connectivity index (χ3v) is 4.97. The van der Waals surface area contributed by atoms with Crippen molar-refractivity contribution in [3.8, 4) is 0 Å². The van der Waals surface area contributed by atoms with Crippen LogP contribution in [0.1, 0.15) is 77.6 Å². The van der Waals surface area contributed by atoms with Gasteiger partial charge in [-0.1, -0.05) is 51.9 Å². The standard InChI is InChI=1S/C15H28O/c1-2-3-6-9-13-12-15(13)11-8-5-4-7-10-14(15)16/h13-14,16H,2-12H2,1H3/t13-,14+,15+/m0/s1. The van der Waals surface area contributed by atoms with Gasteiger partial charge in [-0.15, -0.1) is 0 Å². The van der Waals surface area contributed by atoms with Crippen molar-refractivity contribution in [1.29, 1.82) is 0 Å². The highest BCUT2D eigenvalue weighted by Gasteiger charge is 2.56. The van der Waals surface area contributed by atoms with Crippen LogP contribution in [-0.2, 0) is 0 Å². The Hall–Kier alpha value is -0.0400. The predicted octanol–water partition coefficient (Wildman–Crippen LogP) is 4.29. The van der Waals surface area contributed by atoms with E-state index in [1.165, 1.54) is 64.2 Å². The summed E-state index contributed by atoms with van der Waals surface area (Å²) in [6.45, 7) is 2.27. The van der Waals surface area contributed by atoms with Crippen LogP contribution in [0, 0.1) is 11.3 Å². The second-order valence-electron chi connectivity index (χ2n) is 6.10. The van der Waals surface area contributed by atoms with Gasteiger partial charge < -0.3 is 5.11 Å². The van der Waals surface area contributed by atoms with Gasteiger partial charge in [0.15, 0.2) is 0 Å². The molecule has 0 amide bonds. The van der Waals surface area contributed by atoms with E-state index < -0.39 is 0 Å². The fraction of sp³-hybridized carbons (Fsp3) is 1.00. The second-order valence-corrected chi connectivity index (χ2v) is 6.10. The van der Waals surface area contributed by atoms with Gasteiger partial charge in [-0.3, -0.25) is 0 Å². The van der Waals surface area contributed by atoms with Crippen molar-refractivity contribution in [2.45, 2.75) is 83.7 Å². The largest absolute Gasteiger partial charge is 0.393 e. The lowest BCUT2D eigenvalue weighted by atomic mass is 9.83. The summed E-state index contributed by atoms with van der Waals surface area (Å²) in [5.74, 6) is 0.868. The number of aliphatic hydroxyl groups is 1. The molecule has 16 heavy (non-hydrogen) atoms. The molecule has 2 rings (SSSR count). The van der Waals surface area contributed by atoms with E-state index in [-0.39, 0.29) is 6.10 Å². The zero-order chi connectivity index (χ0) is 11.4. The third-order valence-electron chi connectivity index (χ3n) is 4.97. The van der Waals surface area contributed by atoms with Crippen LogP contribution in [0.2, 0.25) is 0 Å². The lowest BCUT2D eigenvalue weighted by Gasteiger charge is -2.26. The van der Waals surface area contributed by atoms with Crippen LogP contribution in [0.5, 0.6) is 0 Å². The van der Waals surface area contributed by atoms with Crippen molar-refractivity contribution in [2.24, 2.45) is 11.3 Å². The highest BCUT2D eigenvalue weighted by molar-refractivity contribution is 5.06. The van der Waals surface area contributed by atoms with Gasteiger partial charge in [0.1, 0.15) is 0 Å². The number of hydrogen-bond donors (Lipinski definition) is 1. The van der Waals surface area contributed by atoms with Crippen LogP contribution in [-0.4, -0.2) is 11.2 Å². The first-order valence-corrected chi connectivity index (χ1v) is 7.47. The Morgan fingerprint density at radius 2 is 1.94 bits per heavy atom. The van der Waals surface area contributed by atoms with Crippen LogP contribution in [0.3, 0.4) is 0 Å². The van der Waals surface area contributed by atoms with E-state index >= 15 is 0 Å². The van der Waals surface area contributed by atoms with Crippen LogP contribution in [0.4, 0.5) is 0 Å². The van der Waals surface area contributed by atoms with E-state index in [1.807, 2.05) is 0 Å². The summed E-state index contributed by atoms with van der Waals surface area (Å²) in [5, 5.41) is 10.3. The van der Waals surface area contributed by atoms with Crippen LogP contribution < -0.4 is 0 Å². The van der Waals surface area contributed by atoms with E-state index in [4.69, 9.17) is 0 Å². The molecular weight excluding hydrogens is 196 g/mol. The van der Waals surface area contributed by atoms with Crippen molar-refractivity contribution >= 4 is 0 Å². The predicted molar refractivity (Wildman–Crippen MR) is 68.4 cm³/mol. The van der Waals surface area contributed by atoms with Gasteiger partial charge in [0.2, 0.25) is 0 Å².